The van der Waals surface area contributed by atoms with Gasteiger partial charge >= 0.3 is 0 Å². The third-order valence-electron chi connectivity index (χ3n) is 4.03. The molecule has 0 saturated heterocycles. The molecule has 3 rings (SSSR count). The van der Waals surface area contributed by atoms with E-state index in [-0.39, 0.29) is 10.8 Å². The Morgan fingerprint density at radius 2 is 1.85 bits per heavy atom. The van der Waals surface area contributed by atoms with E-state index in [0.717, 1.165) is 19.7 Å². The summed E-state index contributed by atoms with van der Waals surface area (Å²) < 4.78 is 26.9. The maximum absolute atomic E-state index is 12.5. The molecular weight excluding hydrogens is 418 g/mol. The van der Waals surface area contributed by atoms with Gasteiger partial charge in [-0.2, -0.15) is 0 Å². The van der Waals surface area contributed by atoms with Crippen molar-refractivity contribution < 1.29 is 13.2 Å². The van der Waals surface area contributed by atoms with Crippen molar-refractivity contribution in [3.05, 3.63) is 58.2 Å². The first kappa shape index (κ1) is 18.6. The lowest BCUT2D eigenvalue weighted by atomic mass is 10.2. The highest BCUT2D eigenvalue weighted by molar-refractivity contribution is 9.10. The van der Waals surface area contributed by atoms with Crippen LogP contribution in [0.25, 0.3) is 10.9 Å². The summed E-state index contributed by atoms with van der Waals surface area (Å²) >= 11 is 3.40. The molecule has 2 aromatic carbocycles. The molecule has 3 aromatic rings. The Bertz CT molecular complexity index is 1100. The maximum atomic E-state index is 12.5. The third-order valence-corrected chi connectivity index (χ3v) is 6.48. The molecule has 1 aromatic heterocycles. The first-order chi connectivity index (χ1) is 12.2. The fourth-order valence-electron chi connectivity index (χ4n) is 2.57. The van der Waals surface area contributed by atoms with Crippen LogP contribution in [0.4, 0.5) is 5.69 Å². The number of benzene rings is 2. The highest BCUT2D eigenvalue weighted by Gasteiger charge is 2.20. The van der Waals surface area contributed by atoms with E-state index in [4.69, 9.17) is 0 Å². The Labute approximate surface area is 160 Å². The molecule has 2 N–H and O–H groups in total. The summed E-state index contributed by atoms with van der Waals surface area (Å²) in [5.74, 6) is -0.339. The van der Waals surface area contributed by atoms with Crippen LogP contribution in [0.15, 0.2) is 51.8 Å². The summed E-state index contributed by atoms with van der Waals surface area (Å²) in [6.07, 6.45) is 0. The molecule has 136 valence electrons. The monoisotopic (exact) mass is 435 g/mol. The van der Waals surface area contributed by atoms with Crippen LogP contribution in [-0.4, -0.2) is 37.7 Å². The second-order valence-electron chi connectivity index (χ2n) is 6.14. The Morgan fingerprint density at radius 3 is 2.54 bits per heavy atom. The van der Waals surface area contributed by atoms with E-state index in [0.29, 0.717) is 16.9 Å². The predicted octanol–water partition coefficient (Wildman–Crippen LogP) is 3.74. The quantitative estimate of drug-likeness (QED) is 0.654. The van der Waals surface area contributed by atoms with Gasteiger partial charge < -0.3 is 10.3 Å². The van der Waals surface area contributed by atoms with E-state index in [2.05, 4.69) is 26.2 Å². The fourth-order valence-corrected chi connectivity index (χ4v) is 4.08. The second kappa shape index (κ2) is 6.86. The van der Waals surface area contributed by atoms with Gasteiger partial charge in [0.05, 0.1) is 4.90 Å². The molecule has 6 nitrogen and oxygen atoms in total. The summed E-state index contributed by atoms with van der Waals surface area (Å²) in [5.41, 5.74) is 2.27. The highest BCUT2D eigenvalue weighted by Crippen LogP contribution is 2.24. The average Bonchev–Trinajstić information content (AvgIpc) is 2.99. The molecule has 26 heavy (non-hydrogen) atoms. The largest absolute Gasteiger partial charge is 0.350 e. The molecule has 0 radical (unpaired) electrons. The number of carbonyl (C=O) groups excluding carboxylic acids is 1. The van der Waals surface area contributed by atoms with E-state index >= 15 is 0 Å². The number of halogens is 1. The van der Waals surface area contributed by atoms with Gasteiger partial charge in [0.2, 0.25) is 10.0 Å². The lowest BCUT2D eigenvalue weighted by molar-refractivity contribution is 0.102. The molecule has 0 aliphatic rings. The van der Waals surface area contributed by atoms with Crippen molar-refractivity contribution in [3.8, 4) is 0 Å². The molecule has 0 aliphatic heterocycles. The summed E-state index contributed by atoms with van der Waals surface area (Å²) in [4.78, 5) is 15.8. The van der Waals surface area contributed by atoms with Crippen molar-refractivity contribution in [3.63, 3.8) is 0 Å². The smallest absolute Gasteiger partial charge is 0.272 e. The minimum atomic E-state index is -3.59. The van der Waals surface area contributed by atoms with Crippen molar-refractivity contribution in [2.75, 3.05) is 19.4 Å². The van der Waals surface area contributed by atoms with Gasteiger partial charge in [-0.3, -0.25) is 4.79 Å². The Kier molecular flexibility index (Phi) is 4.92. The van der Waals surface area contributed by atoms with Crippen LogP contribution in [-0.2, 0) is 10.0 Å². The molecule has 0 spiro atoms. The zero-order valence-corrected chi connectivity index (χ0v) is 16.9. The minimum absolute atomic E-state index is 0.167. The Hall–Kier alpha value is -2.16. The van der Waals surface area contributed by atoms with E-state index in [9.17, 15) is 13.2 Å². The number of hydrogen-bond acceptors (Lipinski definition) is 3. The number of fused-ring (bicyclic) bond motifs is 1. The first-order valence-electron chi connectivity index (χ1n) is 7.81. The number of amides is 1. The highest BCUT2D eigenvalue weighted by atomic mass is 79.9. The normalized spacial score (nSPS) is 11.9. The van der Waals surface area contributed by atoms with Gasteiger partial charge in [-0.1, -0.05) is 28.1 Å². The molecule has 0 aliphatic carbocycles. The molecule has 0 bridgehead atoms. The second-order valence-corrected chi connectivity index (χ2v) is 9.17. The van der Waals surface area contributed by atoms with Gasteiger partial charge in [0.15, 0.2) is 0 Å². The molecule has 0 unspecified atom stereocenters. The summed E-state index contributed by atoms with van der Waals surface area (Å²) in [7, 11) is -0.637. The molecule has 1 heterocycles. The number of hydrogen-bond donors (Lipinski definition) is 2. The number of H-pyrrole nitrogens is 1. The van der Waals surface area contributed by atoms with Crippen LogP contribution in [0.1, 0.15) is 16.1 Å². The van der Waals surface area contributed by atoms with Crippen LogP contribution < -0.4 is 5.32 Å². The third kappa shape index (κ3) is 3.53. The number of aryl methyl sites for hydroxylation is 1. The van der Waals surface area contributed by atoms with Crippen molar-refractivity contribution in [2.45, 2.75) is 11.8 Å². The van der Waals surface area contributed by atoms with E-state index < -0.39 is 10.0 Å². The summed E-state index contributed by atoms with van der Waals surface area (Å²) in [6, 6.07) is 12.3. The first-order valence-corrected chi connectivity index (χ1v) is 10.0. The maximum Gasteiger partial charge on any atom is 0.272 e. The SMILES string of the molecule is Cc1ccc(NC(=O)c2cc3ccc(Br)cc3[nH]2)cc1S(=O)(=O)N(C)C. The number of aromatic amines is 1. The Balaban J connectivity index is 1.91. The van der Waals surface area contributed by atoms with Crippen molar-refractivity contribution in [1.29, 1.82) is 0 Å². The van der Waals surface area contributed by atoms with Crippen molar-refractivity contribution >= 4 is 48.5 Å². The molecular formula is C18H18BrN3O3S. The zero-order chi connectivity index (χ0) is 19.1. The number of anilines is 1. The zero-order valence-electron chi connectivity index (χ0n) is 14.5. The molecule has 0 atom stereocenters. The van der Waals surface area contributed by atoms with E-state index in [1.54, 1.807) is 25.1 Å². The van der Waals surface area contributed by atoms with E-state index in [1.165, 1.54) is 20.2 Å². The number of sulfonamides is 1. The predicted molar refractivity (Wildman–Crippen MR) is 106 cm³/mol. The lowest BCUT2D eigenvalue weighted by Crippen LogP contribution is -2.23. The van der Waals surface area contributed by atoms with Gasteiger partial charge in [0.25, 0.3) is 5.91 Å². The number of carbonyl (C=O) groups is 1. The van der Waals surface area contributed by atoms with Crippen LogP contribution in [0.3, 0.4) is 0 Å². The van der Waals surface area contributed by atoms with Gasteiger partial charge in [-0.15, -0.1) is 0 Å². The van der Waals surface area contributed by atoms with Crippen LogP contribution in [0.5, 0.6) is 0 Å². The molecule has 1 amide bonds. The van der Waals surface area contributed by atoms with Crippen molar-refractivity contribution in [2.24, 2.45) is 0 Å². The topological polar surface area (TPSA) is 82.3 Å². The minimum Gasteiger partial charge on any atom is -0.350 e. The van der Waals surface area contributed by atoms with Gasteiger partial charge in [0.1, 0.15) is 5.69 Å². The fraction of sp³-hybridized carbons (Fsp3) is 0.167. The summed E-state index contributed by atoms with van der Waals surface area (Å²) in [6.45, 7) is 1.72. The molecule has 8 heteroatoms. The lowest BCUT2D eigenvalue weighted by Gasteiger charge is -2.15. The molecule has 0 fully saturated rings. The average molecular weight is 436 g/mol. The van der Waals surface area contributed by atoms with E-state index in [1.807, 2.05) is 18.2 Å². The van der Waals surface area contributed by atoms with Gasteiger partial charge in [-0.05, 0) is 42.8 Å². The van der Waals surface area contributed by atoms with Crippen LogP contribution >= 0.6 is 15.9 Å². The standard InChI is InChI=1S/C18H18BrN3O3S/c1-11-4-7-14(10-17(11)26(24,25)22(2)3)20-18(23)16-8-12-5-6-13(19)9-15(12)21-16/h4-10,21H,1-3H3,(H,20,23). The number of aromatic nitrogens is 1. The number of nitrogens with one attached hydrogen (secondary N) is 2. The van der Waals surface area contributed by atoms with Gasteiger partial charge in [-0.25, -0.2) is 12.7 Å². The Morgan fingerprint density at radius 1 is 1.12 bits per heavy atom. The van der Waals surface area contributed by atoms with Crippen LogP contribution in [0, 0.1) is 6.92 Å². The number of nitrogens with zero attached hydrogens (tertiary/aromatic N) is 1. The molecule has 0 saturated carbocycles. The van der Waals surface area contributed by atoms with Crippen LogP contribution in [0.2, 0.25) is 0 Å². The summed E-state index contributed by atoms with van der Waals surface area (Å²) in [5, 5.41) is 3.66. The van der Waals surface area contributed by atoms with Gasteiger partial charge in [0, 0.05) is 35.2 Å². The van der Waals surface area contributed by atoms with Crippen molar-refractivity contribution in [1.82, 2.24) is 9.29 Å². The number of rotatable bonds is 4.